The average Bonchev–Trinajstić information content (AvgIpc) is 3.27. The molecule has 0 radical (unpaired) electrons. The molecule has 0 fully saturated rings. The highest BCUT2D eigenvalue weighted by Gasteiger charge is 2.24. The summed E-state index contributed by atoms with van der Waals surface area (Å²) in [5.41, 5.74) is 0.446. The number of sulfonamides is 1. The number of phenols is 1. The van der Waals surface area contributed by atoms with E-state index in [4.69, 9.17) is 4.74 Å². The van der Waals surface area contributed by atoms with Crippen molar-refractivity contribution < 1.29 is 23.1 Å². The Bertz CT molecular complexity index is 1220. The number of nitrogens with zero attached hydrogens (tertiary/aromatic N) is 4. The van der Waals surface area contributed by atoms with Gasteiger partial charge in [0, 0.05) is 18.0 Å². The van der Waals surface area contributed by atoms with Crippen molar-refractivity contribution in [2.75, 3.05) is 17.9 Å². The molecule has 164 valence electrons. The van der Waals surface area contributed by atoms with Crippen LogP contribution >= 0.6 is 0 Å². The minimum atomic E-state index is -3.82. The smallest absolute Gasteiger partial charge is 0.264 e. The number of carbonyl (C=O) groups is 1. The second kappa shape index (κ2) is 9.02. The molecule has 1 atom stereocenters. The van der Waals surface area contributed by atoms with Gasteiger partial charge in [-0.15, -0.1) is 0 Å². The average molecular weight is 453 g/mol. The maximum absolute atomic E-state index is 12.5. The van der Waals surface area contributed by atoms with Crippen molar-refractivity contribution in [3.8, 4) is 11.5 Å². The molecule has 1 aromatic heterocycles. The summed E-state index contributed by atoms with van der Waals surface area (Å²) in [7, 11) is -3.82. The lowest BCUT2D eigenvalue weighted by atomic mass is 10.2. The van der Waals surface area contributed by atoms with Crippen LogP contribution in [0.4, 0.5) is 5.95 Å². The van der Waals surface area contributed by atoms with Crippen molar-refractivity contribution in [3.05, 3.63) is 72.6 Å². The van der Waals surface area contributed by atoms with Gasteiger partial charge in [-0.1, -0.05) is 0 Å². The van der Waals surface area contributed by atoms with Crippen LogP contribution in [-0.4, -0.2) is 59.8 Å². The molecule has 0 saturated heterocycles. The van der Waals surface area contributed by atoms with E-state index >= 15 is 0 Å². The molecule has 3 aromatic rings. The number of hydrogen-bond acceptors (Lipinski definition) is 8. The minimum absolute atomic E-state index is 0.0154. The van der Waals surface area contributed by atoms with Crippen LogP contribution in [0, 0.1) is 0 Å². The Balaban J connectivity index is 1.31. The third-order valence-electron chi connectivity index (χ3n) is 4.57. The second-order valence-corrected chi connectivity index (χ2v) is 8.57. The van der Waals surface area contributed by atoms with Gasteiger partial charge in [-0.05, 0) is 54.6 Å². The zero-order valence-corrected chi connectivity index (χ0v) is 17.5. The zero-order valence-electron chi connectivity index (χ0n) is 16.7. The van der Waals surface area contributed by atoms with Crippen LogP contribution in [0.15, 0.2) is 76.9 Å². The van der Waals surface area contributed by atoms with Crippen molar-refractivity contribution in [2.45, 2.75) is 10.9 Å². The third kappa shape index (κ3) is 5.01. The first kappa shape index (κ1) is 21.2. The molecule has 0 bridgehead atoms. The molecule has 0 aliphatic carbocycles. The molecule has 2 heterocycles. The lowest BCUT2D eigenvalue weighted by Gasteiger charge is -2.15. The molecule has 1 unspecified atom stereocenters. The first-order chi connectivity index (χ1) is 15.4. The minimum Gasteiger partial charge on any atom is -0.508 e. The van der Waals surface area contributed by atoms with Gasteiger partial charge in [0.1, 0.15) is 24.1 Å². The molecular weight excluding hydrogens is 434 g/mol. The topological polar surface area (TPSA) is 134 Å². The molecule has 1 aliphatic rings. The molecule has 0 saturated carbocycles. The zero-order chi connectivity index (χ0) is 22.6. The number of phenolic OH excluding ortho intramolecular Hbond substituents is 1. The van der Waals surface area contributed by atoms with Crippen LogP contribution in [0.5, 0.6) is 11.5 Å². The normalized spacial score (nSPS) is 15.5. The van der Waals surface area contributed by atoms with Gasteiger partial charge in [0.2, 0.25) is 5.95 Å². The fourth-order valence-corrected chi connectivity index (χ4v) is 3.89. The number of nitrogens with one attached hydrogen (secondary N) is 1. The van der Waals surface area contributed by atoms with Crippen LogP contribution < -0.4 is 9.46 Å². The van der Waals surface area contributed by atoms with Gasteiger partial charge in [0.25, 0.3) is 15.9 Å². The standard InChI is InChI=1S/C21H19N5O5S/c27-17-4-2-15(3-5-17)20(28)26-12-16(24-14-26)13-31-18-6-8-19(9-7-18)32(29,30)25-21-22-10-1-11-23-21/h1-11,14,16,27H,12-13H2,(H,22,23,25). The van der Waals surface area contributed by atoms with Crippen LogP contribution in [-0.2, 0) is 10.0 Å². The number of rotatable bonds is 7. The van der Waals surface area contributed by atoms with Gasteiger partial charge in [-0.2, -0.15) is 0 Å². The summed E-state index contributed by atoms with van der Waals surface area (Å²) in [6.07, 6.45) is 4.34. The number of ether oxygens (including phenoxy) is 1. The molecule has 1 aliphatic heterocycles. The van der Waals surface area contributed by atoms with Gasteiger partial charge in [0.15, 0.2) is 0 Å². The highest BCUT2D eigenvalue weighted by Crippen LogP contribution is 2.19. The Kier molecular flexibility index (Phi) is 5.99. The van der Waals surface area contributed by atoms with Crippen LogP contribution in [0.3, 0.4) is 0 Å². The summed E-state index contributed by atoms with van der Waals surface area (Å²) in [6, 6.07) is 13.2. The quantitative estimate of drug-likeness (QED) is 0.558. The predicted octanol–water partition coefficient (Wildman–Crippen LogP) is 1.91. The first-order valence-electron chi connectivity index (χ1n) is 9.57. The predicted molar refractivity (Wildman–Crippen MR) is 116 cm³/mol. The number of anilines is 1. The summed E-state index contributed by atoms with van der Waals surface area (Å²) in [5.74, 6) is 0.323. The Labute approximate surface area is 184 Å². The van der Waals surface area contributed by atoms with Crippen molar-refractivity contribution in [3.63, 3.8) is 0 Å². The molecule has 32 heavy (non-hydrogen) atoms. The summed E-state index contributed by atoms with van der Waals surface area (Å²) in [6.45, 7) is 0.575. The summed E-state index contributed by atoms with van der Waals surface area (Å²) in [4.78, 5) is 26.0. The molecule has 2 N–H and O–H groups in total. The molecule has 2 aromatic carbocycles. The van der Waals surface area contributed by atoms with Crippen molar-refractivity contribution in [1.29, 1.82) is 0 Å². The van der Waals surface area contributed by atoms with Crippen molar-refractivity contribution >= 4 is 28.2 Å². The van der Waals surface area contributed by atoms with Crippen LogP contribution in [0.1, 0.15) is 10.4 Å². The van der Waals surface area contributed by atoms with E-state index in [2.05, 4.69) is 19.7 Å². The Morgan fingerprint density at radius 3 is 2.47 bits per heavy atom. The first-order valence-corrected chi connectivity index (χ1v) is 11.0. The van der Waals surface area contributed by atoms with E-state index in [0.29, 0.717) is 17.9 Å². The van der Waals surface area contributed by atoms with Crippen LogP contribution in [0.2, 0.25) is 0 Å². The Morgan fingerprint density at radius 1 is 1.09 bits per heavy atom. The number of aromatic nitrogens is 2. The van der Waals surface area contributed by atoms with Crippen molar-refractivity contribution in [1.82, 2.24) is 14.9 Å². The fourth-order valence-electron chi connectivity index (χ4n) is 2.94. The van der Waals surface area contributed by atoms with Gasteiger partial charge in [0.05, 0.1) is 17.8 Å². The highest BCUT2D eigenvalue weighted by atomic mass is 32.2. The lowest BCUT2D eigenvalue weighted by molar-refractivity contribution is 0.0853. The molecule has 4 rings (SSSR count). The van der Waals surface area contributed by atoms with Crippen molar-refractivity contribution in [2.24, 2.45) is 4.99 Å². The van der Waals surface area contributed by atoms with Gasteiger partial charge >= 0.3 is 0 Å². The Morgan fingerprint density at radius 2 is 1.78 bits per heavy atom. The Hall–Kier alpha value is -3.99. The molecule has 10 nitrogen and oxygen atoms in total. The van der Waals surface area contributed by atoms with E-state index in [1.54, 1.807) is 30.3 Å². The largest absolute Gasteiger partial charge is 0.508 e. The number of aromatic hydroxyl groups is 1. The van der Waals surface area contributed by atoms with Gasteiger partial charge in [-0.25, -0.2) is 23.1 Å². The maximum Gasteiger partial charge on any atom is 0.264 e. The number of carbonyl (C=O) groups excluding carboxylic acids is 1. The fraction of sp³-hybridized carbons (Fsp3) is 0.143. The van der Waals surface area contributed by atoms with Gasteiger partial charge < -0.3 is 9.84 Å². The van der Waals surface area contributed by atoms with E-state index in [0.717, 1.165) is 0 Å². The second-order valence-electron chi connectivity index (χ2n) is 6.88. The number of hydrogen-bond donors (Lipinski definition) is 2. The van der Waals surface area contributed by atoms with E-state index in [1.807, 2.05) is 0 Å². The van der Waals surface area contributed by atoms with E-state index in [1.165, 1.54) is 47.9 Å². The number of benzene rings is 2. The molecule has 11 heteroatoms. The van der Waals surface area contributed by atoms with E-state index < -0.39 is 10.0 Å². The SMILES string of the molecule is O=C(c1ccc(O)cc1)N1C=NC(COc2ccc(S(=O)(=O)Nc3ncccn3)cc2)C1. The number of amides is 1. The molecule has 1 amide bonds. The summed E-state index contributed by atoms with van der Waals surface area (Å²) >= 11 is 0. The maximum atomic E-state index is 12.5. The van der Waals surface area contributed by atoms with E-state index in [-0.39, 0.29) is 35.1 Å². The summed E-state index contributed by atoms with van der Waals surface area (Å²) in [5, 5.41) is 9.34. The third-order valence-corrected chi connectivity index (χ3v) is 5.91. The number of aliphatic imine (C=N–C) groups is 1. The van der Waals surface area contributed by atoms with E-state index in [9.17, 15) is 18.3 Å². The van der Waals surface area contributed by atoms with Crippen LogP contribution in [0.25, 0.3) is 0 Å². The monoisotopic (exact) mass is 453 g/mol. The molecular formula is C21H19N5O5S. The summed E-state index contributed by atoms with van der Waals surface area (Å²) < 4.78 is 32.8. The highest BCUT2D eigenvalue weighted by molar-refractivity contribution is 7.92. The van der Waals surface area contributed by atoms with Gasteiger partial charge in [-0.3, -0.25) is 14.7 Å². The lowest BCUT2D eigenvalue weighted by Crippen LogP contribution is -2.32. The molecule has 0 spiro atoms.